The number of rotatable bonds is 6. The molecule has 7 heteroatoms. The van der Waals surface area contributed by atoms with Gasteiger partial charge in [-0.25, -0.2) is 4.98 Å². The van der Waals surface area contributed by atoms with E-state index in [1.165, 1.54) is 0 Å². The van der Waals surface area contributed by atoms with Gasteiger partial charge in [-0.1, -0.05) is 0 Å². The first-order chi connectivity index (χ1) is 12.0. The van der Waals surface area contributed by atoms with Gasteiger partial charge in [-0.05, 0) is 19.1 Å². The molecule has 1 aliphatic rings. The summed E-state index contributed by atoms with van der Waals surface area (Å²) in [6.07, 6.45) is 5.45. The van der Waals surface area contributed by atoms with E-state index in [2.05, 4.69) is 26.3 Å². The van der Waals surface area contributed by atoms with Crippen molar-refractivity contribution in [3.05, 3.63) is 42.4 Å². The van der Waals surface area contributed by atoms with Crippen molar-refractivity contribution < 1.29 is 9.21 Å². The molecule has 0 radical (unpaired) electrons. The molecule has 0 unspecified atom stereocenters. The molecule has 7 nitrogen and oxygen atoms in total. The van der Waals surface area contributed by atoms with E-state index in [1.54, 1.807) is 11.2 Å². The van der Waals surface area contributed by atoms with E-state index in [4.69, 9.17) is 4.42 Å². The van der Waals surface area contributed by atoms with Crippen LogP contribution in [-0.2, 0) is 24.9 Å². The number of nitrogens with zero attached hydrogens (tertiary/aromatic N) is 5. The van der Waals surface area contributed by atoms with E-state index in [0.29, 0.717) is 19.1 Å². The molecule has 0 aliphatic carbocycles. The third kappa shape index (κ3) is 4.49. The molecular formula is C18H27N5O2. The summed E-state index contributed by atoms with van der Waals surface area (Å²) in [6, 6.07) is 4.13. The van der Waals surface area contributed by atoms with E-state index in [9.17, 15) is 4.79 Å². The maximum atomic E-state index is 12.4. The molecule has 2 aromatic heterocycles. The van der Waals surface area contributed by atoms with Gasteiger partial charge in [0, 0.05) is 52.2 Å². The van der Waals surface area contributed by atoms with Crippen molar-refractivity contribution in [2.45, 2.75) is 26.1 Å². The highest BCUT2D eigenvalue weighted by Gasteiger charge is 2.26. The van der Waals surface area contributed by atoms with Crippen LogP contribution in [0.4, 0.5) is 0 Å². The van der Waals surface area contributed by atoms with Crippen LogP contribution in [0.2, 0.25) is 0 Å². The van der Waals surface area contributed by atoms with Crippen molar-refractivity contribution in [3.8, 4) is 0 Å². The van der Waals surface area contributed by atoms with Crippen molar-refractivity contribution in [1.82, 2.24) is 24.3 Å². The van der Waals surface area contributed by atoms with Crippen LogP contribution in [0.3, 0.4) is 0 Å². The van der Waals surface area contributed by atoms with Gasteiger partial charge >= 0.3 is 0 Å². The molecule has 2 aromatic rings. The maximum Gasteiger partial charge on any atom is 0.236 e. The molecule has 0 bridgehead atoms. The topological polar surface area (TPSA) is 57.8 Å². The second kappa shape index (κ2) is 7.84. The summed E-state index contributed by atoms with van der Waals surface area (Å²) in [5.74, 6) is 2.01. The molecule has 0 spiro atoms. The number of aryl methyl sites for hydroxylation is 1. The van der Waals surface area contributed by atoms with E-state index in [1.807, 2.05) is 38.6 Å². The molecule has 0 saturated carbocycles. The lowest BCUT2D eigenvalue weighted by Gasteiger charge is -2.39. The summed E-state index contributed by atoms with van der Waals surface area (Å²) in [4.78, 5) is 23.2. The molecule has 1 amide bonds. The monoisotopic (exact) mass is 345 g/mol. The number of imidazole rings is 1. The summed E-state index contributed by atoms with van der Waals surface area (Å²) >= 11 is 0. The number of aromatic nitrogens is 2. The van der Waals surface area contributed by atoms with E-state index < -0.39 is 0 Å². The molecule has 1 fully saturated rings. The van der Waals surface area contributed by atoms with Gasteiger partial charge in [0.15, 0.2) is 0 Å². The SMILES string of the molecule is C[C@H]1CN(CC(=O)N(C)Cc2ccco2)CCN1Cc1nccn1C. The predicted molar refractivity (Wildman–Crippen MR) is 94.7 cm³/mol. The van der Waals surface area contributed by atoms with Crippen LogP contribution in [0, 0.1) is 0 Å². The van der Waals surface area contributed by atoms with Crippen molar-refractivity contribution in [3.63, 3.8) is 0 Å². The first kappa shape index (κ1) is 17.7. The van der Waals surface area contributed by atoms with Gasteiger partial charge in [-0.3, -0.25) is 14.6 Å². The Hall–Kier alpha value is -2.12. The Morgan fingerprint density at radius 1 is 1.44 bits per heavy atom. The van der Waals surface area contributed by atoms with E-state index in [-0.39, 0.29) is 5.91 Å². The van der Waals surface area contributed by atoms with Crippen molar-refractivity contribution in [2.24, 2.45) is 7.05 Å². The lowest BCUT2D eigenvalue weighted by atomic mass is 10.2. The van der Waals surface area contributed by atoms with Crippen LogP contribution in [0.1, 0.15) is 18.5 Å². The first-order valence-corrected chi connectivity index (χ1v) is 8.72. The zero-order valence-electron chi connectivity index (χ0n) is 15.3. The Morgan fingerprint density at radius 2 is 2.28 bits per heavy atom. The van der Waals surface area contributed by atoms with Crippen LogP contribution in [-0.4, -0.2) is 69.4 Å². The molecule has 1 saturated heterocycles. The van der Waals surface area contributed by atoms with Crippen LogP contribution in [0.15, 0.2) is 35.2 Å². The van der Waals surface area contributed by atoms with Crippen LogP contribution in [0.25, 0.3) is 0 Å². The van der Waals surface area contributed by atoms with Gasteiger partial charge in [0.2, 0.25) is 5.91 Å². The van der Waals surface area contributed by atoms with Gasteiger partial charge in [-0.15, -0.1) is 0 Å². The minimum absolute atomic E-state index is 0.126. The Labute approximate surface area is 148 Å². The minimum atomic E-state index is 0.126. The zero-order chi connectivity index (χ0) is 17.8. The number of amides is 1. The third-order valence-corrected chi connectivity index (χ3v) is 4.87. The van der Waals surface area contributed by atoms with Gasteiger partial charge in [0.25, 0.3) is 0 Å². The number of hydrogen-bond acceptors (Lipinski definition) is 5. The average Bonchev–Trinajstić information content (AvgIpc) is 3.22. The smallest absolute Gasteiger partial charge is 0.236 e. The normalized spacial score (nSPS) is 19.2. The second-order valence-electron chi connectivity index (χ2n) is 6.84. The molecule has 25 heavy (non-hydrogen) atoms. The quantitative estimate of drug-likeness (QED) is 0.787. The van der Waals surface area contributed by atoms with Gasteiger partial charge in [0.05, 0.1) is 25.9 Å². The molecule has 136 valence electrons. The molecule has 3 rings (SSSR count). The number of furan rings is 1. The summed E-state index contributed by atoms with van der Waals surface area (Å²) in [7, 11) is 3.85. The van der Waals surface area contributed by atoms with E-state index >= 15 is 0 Å². The highest BCUT2D eigenvalue weighted by Crippen LogP contribution is 2.13. The van der Waals surface area contributed by atoms with E-state index in [0.717, 1.165) is 37.8 Å². The minimum Gasteiger partial charge on any atom is -0.467 e. The van der Waals surface area contributed by atoms with Crippen LogP contribution >= 0.6 is 0 Å². The fourth-order valence-electron chi connectivity index (χ4n) is 3.22. The fraction of sp³-hybridized carbons (Fsp3) is 0.556. The molecule has 0 aromatic carbocycles. The number of likely N-dealkylation sites (N-methyl/N-ethyl adjacent to an activating group) is 1. The predicted octanol–water partition coefficient (Wildman–Crippen LogP) is 1.18. The molecule has 0 N–H and O–H groups in total. The Morgan fingerprint density at radius 3 is 2.92 bits per heavy atom. The largest absolute Gasteiger partial charge is 0.467 e. The third-order valence-electron chi connectivity index (χ3n) is 4.87. The van der Waals surface area contributed by atoms with Crippen LogP contribution < -0.4 is 0 Å². The lowest BCUT2D eigenvalue weighted by molar-refractivity contribution is -0.132. The van der Waals surface area contributed by atoms with Crippen molar-refractivity contribution >= 4 is 5.91 Å². The Balaban J connectivity index is 1.47. The number of carbonyl (C=O) groups is 1. The molecule has 3 heterocycles. The second-order valence-corrected chi connectivity index (χ2v) is 6.84. The molecular weight excluding hydrogens is 318 g/mol. The lowest BCUT2D eigenvalue weighted by Crippen LogP contribution is -2.53. The number of carbonyl (C=O) groups excluding carboxylic acids is 1. The van der Waals surface area contributed by atoms with Crippen molar-refractivity contribution in [2.75, 3.05) is 33.2 Å². The Bertz CT molecular complexity index is 681. The van der Waals surface area contributed by atoms with Gasteiger partial charge in [-0.2, -0.15) is 0 Å². The van der Waals surface area contributed by atoms with Crippen molar-refractivity contribution in [1.29, 1.82) is 0 Å². The highest BCUT2D eigenvalue weighted by molar-refractivity contribution is 5.77. The molecule has 1 aliphatic heterocycles. The molecule has 1 atom stereocenters. The average molecular weight is 345 g/mol. The number of piperazine rings is 1. The number of hydrogen-bond donors (Lipinski definition) is 0. The zero-order valence-corrected chi connectivity index (χ0v) is 15.3. The summed E-state index contributed by atoms with van der Waals surface area (Å²) in [5.41, 5.74) is 0. The summed E-state index contributed by atoms with van der Waals surface area (Å²) < 4.78 is 7.37. The first-order valence-electron chi connectivity index (χ1n) is 8.72. The standard InChI is InChI=1S/C18H27N5O2/c1-15-11-22(8-9-23(15)13-17-19-6-7-20(17)2)14-18(24)21(3)12-16-5-4-10-25-16/h4-7,10,15H,8-9,11-14H2,1-3H3/t15-/m0/s1. The van der Waals surface area contributed by atoms with Gasteiger partial charge in [0.1, 0.15) is 11.6 Å². The van der Waals surface area contributed by atoms with Crippen LogP contribution in [0.5, 0.6) is 0 Å². The maximum absolute atomic E-state index is 12.4. The van der Waals surface area contributed by atoms with Gasteiger partial charge < -0.3 is 13.9 Å². The Kier molecular flexibility index (Phi) is 5.55. The summed E-state index contributed by atoms with van der Waals surface area (Å²) in [6.45, 7) is 6.78. The highest BCUT2D eigenvalue weighted by atomic mass is 16.3. The summed E-state index contributed by atoms with van der Waals surface area (Å²) in [5, 5.41) is 0. The fourth-order valence-corrected chi connectivity index (χ4v) is 3.22.